The number of nitrogens with zero attached hydrogens (tertiary/aromatic N) is 2. The fourth-order valence-electron chi connectivity index (χ4n) is 1.49. The lowest BCUT2D eigenvalue weighted by atomic mass is 9.82. The second-order valence-corrected chi connectivity index (χ2v) is 6.41. The molecule has 2 aromatic rings. The zero-order valence-electron chi connectivity index (χ0n) is 12.3. The lowest BCUT2D eigenvalue weighted by Crippen LogP contribution is -2.49. The van der Waals surface area contributed by atoms with Crippen LogP contribution in [0.15, 0.2) is 29.8 Å². The molecule has 0 saturated heterocycles. The van der Waals surface area contributed by atoms with Crippen LogP contribution in [0.25, 0.3) is 11.4 Å². The number of hydrogen-bond acceptors (Lipinski definition) is 5. The van der Waals surface area contributed by atoms with Crippen LogP contribution in [-0.2, 0) is 4.65 Å². The Hall–Kier alpha value is -1.24. The van der Waals surface area contributed by atoms with Gasteiger partial charge < -0.3 is 9.76 Å². The summed E-state index contributed by atoms with van der Waals surface area (Å²) in [5, 5.41) is 10.1. The van der Waals surface area contributed by atoms with Crippen molar-refractivity contribution >= 4 is 24.5 Å². The van der Waals surface area contributed by atoms with Crippen LogP contribution in [0.1, 0.15) is 27.7 Å². The molecule has 0 fully saturated rings. The molecule has 0 aliphatic rings. The first-order valence-corrected chi connectivity index (χ1v) is 7.35. The molecule has 0 aliphatic carbocycles. The molecular weight excluding hydrogens is 271 g/mol. The third-order valence-corrected chi connectivity index (χ3v) is 4.12. The molecule has 0 unspecified atom stereocenters. The first-order valence-electron chi connectivity index (χ1n) is 6.52. The largest absolute Gasteiger partial charge is 0.427 e. The van der Waals surface area contributed by atoms with E-state index in [1.807, 2.05) is 38.1 Å². The molecule has 1 N–H and O–H groups in total. The van der Waals surface area contributed by atoms with E-state index in [1.54, 1.807) is 19.4 Å². The average Bonchev–Trinajstić information content (AvgIpc) is 2.89. The number of hydrogen-bond donors (Lipinski definition) is 1. The van der Waals surface area contributed by atoms with Crippen molar-refractivity contribution in [1.29, 1.82) is 0 Å². The zero-order valence-corrected chi connectivity index (χ0v) is 13.1. The highest BCUT2D eigenvalue weighted by Gasteiger charge is 2.35. The van der Waals surface area contributed by atoms with Crippen LogP contribution in [0.5, 0.6) is 0 Å². The Kier molecular flexibility index (Phi) is 4.27. The molecule has 1 heterocycles. The number of rotatable bonds is 5. The summed E-state index contributed by atoms with van der Waals surface area (Å²) in [5.41, 5.74) is 2.27. The third-order valence-electron chi connectivity index (χ3n) is 3.65. The molecule has 0 radical (unpaired) electrons. The maximum Gasteiger partial charge on any atom is 0.309 e. The van der Waals surface area contributed by atoms with Crippen LogP contribution in [0.3, 0.4) is 0 Å². The smallest absolute Gasteiger partial charge is 0.309 e. The van der Waals surface area contributed by atoms with Gasteiger partial charge in [0.15, 0.2) is 5.82 Å². The molecule has 0 amide bonds. The van der Waals surface area contributed by atoms with Crippen molar-refractivity contribution in [2.24, 2.45) is 0 Å². The molecule has 6 heteroatoms. The van der Waals surface area contributed by atoms with Crippen molar-refractivity contribution in [1.82, 2.24) is 9.36 Å². The van der Waals surface area contributed by atoms with Crippen LogP contribution in [-0.4, -0.2) is 33.1 Å². The Morgan fingerprint density at radius 2 is 1.80 bits per heavy atom. The highest BCUT2D eigenvalue weighted by molar-refractivity contribution is 7.03. The SMILES string of the molecule is CC(C)(O)C(C)(C)OBc1ccc(-c2ncsn2)cc1. The molecule has 0 aliphatic heterocycles. The van der Waals surface area contributed by atoms with Gasteiger partial charge in [-0.1, -0.05) is 29.7 Å². The second-order valence-electron chi connectivity index (χ2n) is 5.81. The summed E-state index contributed by atoms with van der Waals surface area (Å²) in [7, 11) is 0.460. The molecule has 0 bridgehead atoms. The van der Waals surface area contributed by atoms with Gasteiger partial charge in [0, 0.05) is 5.56 Å². The normalized spacial score (nSPS) is 12.4. The fourth-order valence-corrected chi connectivity index (χ4v) is 1.93. The molecule has 4 nitrogen and oxygen atoms in total. The van der Waals surface area contributed by atoms with E-state index in [2.05, 4.69) is 9.36 Å². The minimum absolute atomic E-state index is 0.460. The molecule has 0 saturated carbocycles. The summed E-state index contributed by atoms with van der Waals surface area (Å²) in [5.74, 6) is 0.749. The van der Waals surface area contributed by atoms with E-state index in [9.17, 15) is 5.11 Å². The predicted molar refractivity (Wildman–Crippen MR) is 83.6 cm³/mol. The van der Waals surface area contributed by atoms with E-state index in [-0.39, 0.29) is 0 Å². The molecule has 2 rings (SSSR count). The standard InChI is InChI=1S/C14H19BN2O2S/c1-13(2,18)14(3,4)19-15-11-7-5-10(6-8-11)12-16-9-20-17-12/h5-9,15,18H,1-4H3. The Morgan fingerprint density at radius 3 is 2.30 bits per heavy atom. The van der Waals surface area contributed by atoms with Gasteiger partial charge >= 0.3 is 7.48 Å². The number of aromatic nitrogens is 2. The van der Waals surface area contributed by atoms with E-state index in [0.717, 1.165) is 16.9 Å². The van der Waals surface area contributed by atoms with Crippen molar-refractivity contribution < 1.29 is 9.76 Å². The topological polar surface area (TPSA) is 55.2 Å². The summed E-state index contributed by atoms with van der Waals surface area (Å²) in [4.78, 5) is 4.18. The summed E-state index contributed by atoms with van der Waals surface area (Å²) in [6, 6.07) is 7.96. The molecule has 0 atom stereocenters. The van der Waals surface area contributed by atoms with Gasteiger partial charge in [-0.3, -0.25) is 0 Å². The van der Waals surface area contributed by atoms with E-state index in [0.29, 0.717) is 7.48 Å². The van der Waals surface area contributed by atoms with Crippen LogP contribution in [0, 0.1) is 0 Å². The Labute approximate surface area is 124 Å². The van der Waals surface area contributed by atoms with Crippen LogP contribution in [0.2, 0.25) is 0 Å². The monoisotopic (exact) mass is 290 g/mol. The maximum atomic E-state index is 10.1. The van der Waals surface area contributed by atoms with Gasteiger partial charge in [0.1, 0.15) is 5.51 Å². The molecule has 1 aromatic carbocycles. The molecular formula is C14H19BN2O2S. The maximum absolute atomic E-state index is 10.1. The third kappa shape index (κ3) is 3.45. The van der Waals surface area contributed by atoms with Gasteiger partial charge in [-0.25, -0.2) is 4.98 Å². The van der Waals surface area contributed by atoms with Gasteiger partial charge in [-0.2, -0.15) is 4.37 Å². The van der Waals surface area contributed by atoms with Crippen molar-refractivity contribution in [2.75, 3.05) is 0 Å². The number of benzene rings is 1. The van der Waals surface area contributed by atoms with Crippen molar-refractivity contribution in [3.63, 3.8) is 0 Å². The highest BCUT2D eigenvalue weighted by atomic mass is 32.1. The molecule has 1 aromatic heterocycles. The Morgan fingerprint density at radius 1 is 1.15 bits per heavy atom. The zero-order chi connectivity index (χ0) is 14.8. The lowest BCUT2D eigenvalue weighted by Gasteiger charge is -2.37. The van der Waals surface area contributed by atoms with Gasteiger partial charge in [-0.05, 0) is 39.2 Å². The quantitative estimate of drug-likeness (QED) is 0.852. The van der Waals surface area contributed by atoms with Gasteiger partial charge in [0.25, 0.3) is 0 Å². The van der Waals surface area contributed by atoms with Crippen molar-refractivity contribution in [3.05, 3.63) is 29.8 Å². The van der Waals surface area contributed by atoms with Gasteiger partial charge in [0.05, 0.1) is 11.2 Å². The number of aliphatic hydroxyl groups is 1. The van der Waals surface area contributed by atoms with Gasteiger partial charge in [-0.15, -0.1) is 0 Å². The van der Waals surface area contributed by atoms with Gasteiger partial charge in [0.2, 0.25) is 0 Å². The predicted octanol–water partition coefficient (Wildman–Crippen LogP) is 1.75. The lowest BCUT2D eigenvalue weighted by molar-refractivity contribution is -0.0893. The minimum atomic E-state index is -0.891. The van der Waals surface area contributed by atoms with E-state index in [1.165, 1.54) is 11.5 Å². The molecule has 0 spiro atoms. The van der Waals surface area contributed by atoms with Crippen LogP contribution >= 0.6 is 11.5 Å². The Bertz CT molecular complexity index is 548. The second kappa shape index (κ2) is 5.64. The molecule has 106 valence electrons. The Balaban J connectivity index is 2.02. The minimum Gasteiger partial charge on any atom is -0.427 e. The van der Waals surface area contributed by atoms with Crippen LogP contribution < -0.4 is 5.46 Å². The van der Waals surface area contributed by atoms with E-state index >= 15 is 0 Å². The first-order chi connectivity index (χ1) is 9.29. The first kappa shape index (κ1) is 15.2. The molecule has 20 heavy (non-hydrogen) atoms. The summed E-state index contributed by atoms with van der Waals surface area (Å²) >= 11 is 1.34. The summed E-state index contributed by atoms with van der Waals surface area (Å²) in [6.07, 6.45) is 0. The average molecular weight is 290 g/mol. The van der Waals surface area contributed by atoms with Crippen LogP contribution in [0.4, 0.5) is 0 Å². The van der Waals surface area contributed by atoms with Crippen molar-refractivity contribution in [2.45, 2.75) is 38.9 Å². The summed E-state index contributed by atoms with van der Waals surface area (Å²) < 4.78 is 10.0. The fraction of sp³-hybridized carbons (Fsp3) is 0.429. The summed E-state index contributed by atoms with van der Waals surface area (Å²) in [6.45, 7) is 7.29. The van der Waals surface area contributed by atoms with E-state index < -0.39 is 11.2 Å². The van der Waals surface area contributed by atoms with Crippen molar-refractivity contribution in [3.8, 4) is 11.4 Å². The highest BCUT2D eigenvalue weighted by Crippen LogP contribution is 2.24. The van der Waals surface area contributed by atoms with E-state index in [4.69, 9.17) is 4.65 Å².